The molecule has 3 heterocycles. The van der Waals surface area contributed by atoms with Gasteiger partial charge in [-0.25, -0.2) is 0 Å². The first-order valence-corrected chi connectivity index (χ1v) is 10.4. The first kappa shape index (κ1) is 23.3. The summed E-state index contributed by atoms with van der Waals surface area (Å²) in [5, 5.41) is 15.5. The van der Waals surface area contributed by atoms with Crippen LogP contribution in [0.25, 0.3) is 0 Å². The number of aliphatic imine (C=N–C) groups is 1. The average molecular weight is 505 g/mol. The first-order chi connectivity index (χ1) is 13.3. The fraction of sp³-hybridized carbons (Fsp3) is 0.842. The molecule has 0 amide bonds. The SMILES string of the molecule is CCC(CC)C(CNC(=NC)NCc1nnc2n1CCC2)N1CCOCC1.I. The molecule has 1 fully saturated rings. The molecule has 3 rings (SSSR count). The molecule has 0 radical (unpaired) electrons. The van der Waals surface area contributed by atoms with Gasteiger partial charge in [0.25, 0.3) is 0 Å². The number of hydrogen-bond acceptors (Lipinski definition) is 5. The van der Waals surface area contributed by atoms with Crippen LogP contribution >= 0.6 is 24.0 Å². The van der Waals surface area contributed by atoms with Crippen molar-refractivity contribution in [2.45, 2.75) is 58.7 Å². The minimum absolute atomic E-state index is 0. The molecule has 2 aliphatic heterocycles. The van der Waals surface area contributed by atoms with Crippen molar-refractivity contribution >= 4 is 29.9 Å². The van der Waals surface area contributed by atoms with Gasteiger partial charge >= 0.3 is 0 Å². The van der Waals surface area contributed by atoms with E-state index in [1.165, 1.54) is 19.3 Å². The number of ether oxygens (including phenoxy) is 1. The van der Waals surface area contributed by atoms with Crippen molar-refractivity contribution in [3.05, 3.63) is 11.6 Å². The van der Waals surface area contributed by atoms with E-state index in [4.69, 9.17) is 4.74 Å². The van der Waals surface area contributed by atoms with Gasteiger partial charge in [-0.2, -0.15) is 0 Å². The molecule has 1 saturated heterocycles. The molecular weight excluding hydrogens is 469 g/mol. The second-order valence-electron chi connectivity index (χ2n) is 7.39. The summed E-state index contributed by atoms with van der Waals surface area (Å²) in [4.78, 5) is 6.98. The van der Waals surface area contributed by atoms with E-state index in [1.54, 1.807) is 0 Å². The van der Waals surface area contributed by atoms with Gasteiger partial charge in [0.05, 0.1) is 19.8 Å². The van der Waals surface area contributed by atoms with E-state index in [2.05, 4.69) is 49.1 Å². The van der Waals surface area contributed by atoms with Gasteiger partial charge in [0.1, 0.15) is 5.82 Å². The molecule has 9 heteroatoms. The van der Waals surface area contributed by atoms with Gasteiger partial charge in [-0.1, -0.05) is 26.7 Å². The summed E-state index contributed by atoms with van der Waals surface area (Å²) in [7, 11) is 1.82. The molecule has 2 aliphatic rings. The predicted molar refractivity (Wildman–Crippen MR) is 122 cm³/mol. The number of guanidine groups is 1. The fourth-order valence-electron chi connectivity index (χ4n) is 4.26. The maximum absolute atomic E-state index is 5.55. The van der Waals surface area contributed by atoms with Crippen LogP contribution in [-0.2, 0) is 24.2 Å². The van der Waals surface area contributed by atoms with Crippen molar-refractivity contribution in [1.29, 1.82) is 0 Å². The smallest absolute Gasteiger partial charge is 0.191 e. The van der Waals surface area contributed by atoms with Gasteiger partial charge in [-0.15, -0.1) is 34.2 Å². The van der Waals surface area contributed by atoms with Crippen LogP contribution in [0.4, 0.5) is 0 Å². The fourth-order valence-corrected chi connectivity index (χ4v) is 4.26. The lowest BCUT2D eigenvalue weighted by Gasteiger charge is -2.39. The second-order valence-corrected chi connectivity index (χ2v) is 7.39. The lowest BCUT2D eigenvalue weighted by atomic mass is 9.92. The van der Waals surface area contributed by atoms with Gasteiger partial charge in [-0.05, 0) is 12.3 Å². The third-order valence-corrected chi connectivity index (χ3v) is 5.91. The lowest BCUT2D eigenvalue weighted by Crippen LogP contribution is -2.53. The lowest BCUT2D eigenvalue weighted by molar-refractivity contribution is 0.00272. The quantitative estimate of drug-likeness (QED) is 0.318. The topological polar surface area (TPSA) is 79.6 Å². The molecule has 8 nitrogen and oxygen atoms in total. The number of nitrogens with zero attached hydrogens (tertiary/aromatic N) is 5. The molecule has 2 N–H and O–H groups in total. The molecule has 0 aliphatic carbocycles. The van der Waals surface area contributed by atoms with Crippen molar-refractivity contribution in [3.8, 4) is 0 Å². The summed E-state index contributed by atoms with van der Waals surface area (Å²) >= 11 is 0. The van der Waals surface area contributed by atoms with Crippen LogP contribution in [0.2, 0.25) is 0 Å². The van der Waals surface area contributed by atoms with Gasteiger partial charge < -0.3 is 19.9 Å². The minimum atomic E-state index is 0. The van der Waals surface area contributed by atoms with Crippen molar-refractivity contribution < 1.29 is 4.74 Å². The Morgan fingerprint density at radius 1 is 1.14 bits per heavy atom. The number of nitrogens with one attached hydrogen (secondary N) is 2. The maximum atomic E-state index is 5.55. The minimum Gasteiger partial charge on any atom is -0.379 e. The van der Waals surface area contributed by atoms with Crippen molar-refractivity contribution in [1.82, 2.24) is 30.3 Å². The summed E-state index contributed by atoms with van der Waals surface area (Å²) in [5.41, 5.74) is 0. The standard InChI is InChI=1S/C19H35N7O.HI/c1-4-15(5-2)16(25-9-11-27-12-10-25)13-21-19(20-3)22-14-18-24-23-17-7-6-8-26(17)18;/h15-16H,4-14H2,1-3H3,(H2,20,21,22);1H. The largest absolute Gasteiger partial charge is 0.379 e. The third-order valence-electron chi connectivity index (χ3n) is 5.91. The predicted octanol–water partition coefficient (Wildman–Crippen LogP) is 1.64. The summed E-state index contributed by atoms with van der Waals surface area (Å²) in [5.74, 6) is 3.61. The Balaban J connectivity index is 0.00000280. The molecular formula is C19H36IN7O. The molecule has 28 heavy (non-hydrogen) atoms. The number of halogens is 1. The molecule has 1 atom stereocenters. The van der Waals surface area contributed by atoms with Crippen molar-refractivity contribution in [2.24, 2.45) is 10.9 Å². The summed E-state index contributed by atoms with van der Waals surface area (Å²) in [6, 6.07) is 0.500. The van der Waals surface area contributed by atoms with Crippen LogP contribution in [0, 0.1) is 5.92 Å². The van der Waals surface area contributed by atoms with E-state index in [-0.39, 0.29) is 24.0 Å². The van der Waals surface area contributed by atoms with E-state index >= 15 is 0 Å². The zero-order valence-electron chi connectivity index (χ0n) is 17.5. The van der Waals surface area contributed by atoms with Crippen molar-refractivity contribution in [2.75, 3.05) is 39.9 Å². The molecule has 0 spiro atoms. The number of rotatable bonds is 8. The van der Waals surface area contributed by atoms with Crippen LogP contribution in [0.15, 0.2) is 4.99 Å². The Hall–Kier alpha value is -0.940. The van der Waals surface area contributed by atoms with E-state index in [1.807, 2.05) is 7.05 Å². The highest BCUT2D eigenvalue weighted by molar-refractivity contribution is 14.0. The van der Waals surface area contributed by atoms with Gasteiger partial charge in [0.15, 0.2) is 11.8 Å². The van der Waals surface area contributed by atoms with Crippen LogP contribution in [0.5, 0.6) is 0 Å². The van der Waals surface area contributed by atoms with E-state index in [0.29, 0.717) is 18.5 Å². The summed E-state index contributed by atoms with van der Waals surface area (Å²) < 4.78 is 7.77. The van der Waals surface area contributed by atoms with Crippen LogP contribution in [-0.4, -0.2) is 71.6 Å². The third kappa shape index (κ3) is 5.79. The monoisotopic (exact) mass is 505 g/mol. The van der Waals surface area contributed by atoms with E-state index in [0.717, 1.165) is 63.4 Å². The van der Waals surface area contributed by atoms with Crippen LogP contribution < -0.4 is 10.6 Å². The van der Waals surface area contributed by atoms with Crippen LogP contribution in [0.3, 0.4) is 0 Å². The molecule has 160 valence electrons. The Bertz CT molecular complexity index is 611. The molecule has 1 aromatic heterocycles. The zero-order chi connectivity index (χ0) is 19.1. The van der Waals surface area contributed by atoms with Gasteiger partial charge in [0.2, 0.25) is 0 Å². The highest BCUT2D eigenvalue weighted by atomic mass is 127. The molecule has 1 unspecified atom stereocenters. The average Bonchev–Trinajstić information content (AvgIpc) is 3.32. The maximum Gasteiger partial charge on any atom is 0.191 e. The van der Waals surface area contributed by atoms with Crippen molar-refractivity contribution in [3.63, 3.8) is 0 Å². The Morgan fingerprint density at radius 3 is 2.57 bits per heavy atom. The zero-order valence-corrected chi connectivity index (χ0v) is 19.8. The molecule has 0 aromatic carbocycles. The Morgan fingerprint density at radius 2 is 1.89 bits per heavy atom. The van der Waals surface area contributed by atoms with Gasteiger partial charge in [-0.3, -0.25) is 9.89 Å². The number of aromatic nitrogens is 3. The van der Waals surface area contributed by atoms with Crippen LogP contribution in [0.1, 0.15) is 44.8 Å². The highest BCUT2D eigenvalue weighted by Gasteiger charge is 2.27. The normalized spacial score (nSPS) is 18.6. The molecule has 0 bridgehead atoms. The number of fused-ring (bicyclic) bond motifs is 1. The first-order valence-electron chi connectivity index (χ1n) is 10.4. The Labute approximate surface area is 185 Å². The highest BCUT2D eigenvalue weighted by Crippen LogP contribution is 2.19. The van der Waals surface area contributed by atoms with Gasteiger partial charge in [0, 0.05) is 45.7 Å². The summed E-state index contributed by atoms with van der Waals surface area (Å²) in [6.45, 7) is 10.9. The Kier molecular flexibility index (Phi) is 9.93. The number of morpholine rings is 1. The van der Waals surface area contributed by atoms with E-state index in [9.17, 15) is 0 Å². The molecule has 0 saturated carbocycles. The second kappa shape index (κ2) is 11.9. The number of aryl methyl sites for hydroxylation is 1. The van der Waals surface area contributed by atoms with E-state index < -0.39 is 0 Å². The number of hydrogen-bond donors (Lipinski definition) is 2. The molecule has 1 aromatic rings. The summed E-state index contributed by atoms with van der Waals surface area (Å²) in [6.07, 6.45) is 4.59.